The van der Waals surface area contributed by atoms with Crippen LogP contribution >= 0.6 is 0 Å². The topological polar surface area (TPSA) is 41.1 Å². The molecule has 0 unspecified atom stereocenters. The molecule has 1 amide bonds. The Morgan fingerprint density at radius 1 is 1.50 bits per heavy atom. The first kappa shape index (κ1) is 11.1. The van der Waals surface area contributed by atoms with Crippen molar-refractivity contribution in [3.05, 3.63) is 35.6 Å². The Morgan fingerprint density at radius 3 is 3.06 bits per heavy atom. The van der Waals surface area contributed by atoms with Crippen molar-refractivity contribution in [3.8, 4) is 0 Å². The summed E-state index contributed by atoms with van der Waals surface area (Å²) in [5.41, 5.74) is 0.380. The third-order valence-corrected chi connectivity index (χ3v) is 2.72. The summed E-state index contributed by atoms with van der Waals surface area (Å²) in [6, 6.07) is 5.91. The fourth-order valence-electron chi connectivity index (χ4n) is 1.87. The molecular formula is C12H15FN2O. The van der Waals surface area contributed by atoms with Crippen LogP contribution < -0.4 is 10.6 Å². The van der Waals surface area contributed by atoms with E-state index in [4.69, 9.17) is 0 Å². The molecule has 1 aliphatic heterocycles. The van der Waals surface area contributed by atoms with Crippen molar-refractivity contribution < 1.29 is 9.18 Å². The van der Waals surface area contributed by atoms with Gasteiger partial charge in [0, 0.05) is 18.2 Å². The molecule has 2 rings (SSSR count). The van der Waals surface area contributed by atoms with Gasteiger partial charge in [-0.15, -0.1) is 0 Å². The number of nitrogens with one attached hydrogen (secondary N) is 2. The Kier molecular flexibility index (Phi) is 3.51. The Hall–Kier alpha value is -1.42. The highest BCUT2D eigenvalue weighted by atomic mass is 19.1. The average molecular weight is 222 g/mol. The molecule has 1 fully saturated rings. The molecule has 0 aromatic heterocycles. The molecule has 1 atom stereocenters. The summed E-state index contributed by atoms with van der Waals surface area (Å²) in [6.45, 7) is 1.80. The van der Waals surface area contributed by atoms with Crippen LogP contribution in [0.4, 0.5) is 4.39 Å². The van der Waals surface area contributed by atoms with Crippen LogP contribution in [0, 0.1) is 5.82 Å². The van der Waals surface area contributed by atoms with E-state index < -0.39 is 0 Å². The van der Waals surface area contributed by atoms with Gasteiger partial charge in [0.2, 0.25) is 0 Å². The highest BCUT2D eigenvalue weighted by molar-refractivity contribution is 5.94. The Morgan fingerprint density at radius 2 is 2.38 bits per heavy atom. The summed E-state index contributed by atoms with van der Waals surface area (Å²) in [6.07, 6.45) is 2.04. The first-order chi connectivity index (χ1) is 7.75. The molecule has 4 heteroatoms. The number of amides is 1. The largest absolute Gasteiger partial charge is 0.348 e. The molecule has 0 spiro atoms. The monoisotopic (exact) mass is 222 g/mol. The lowest BCUT2D eigenvalue weighted by Gasteiger charge is -2.23. The minimum atomic E-state index is -0.380. The van der Waals surface area contributed by atoms with E-state index in [1.165, 1.54) is 12.1 Å². The molecule has 1 heterocycles. The lowest BCUT2D eigenvalue weighted by molar-refractivity contribution is 0.0930. The van der Waals surface area contributed by atoms with Crippen molar-refractivity contribution in [1.82, 2.24) is 10.6 Å². The van der Waals surface area contributed by atoms with E-state index in [2.05, 4.69) is 10.6 Å². The van der Waals surface area contributed by atoms with E-state index >= 15 is 0 Å². The van der Waals surface area contributed by atoms with E-state index in [1.807, 2.05) is 0 Å². The van der Waals surface area contributed by atoms with Gasteiger partial charge in [0.1, 0.15) is 5.82 Å². The van der Waals surface area contributed by atoms with Crippen molar-refractivity contribution in [2.24, 2.45) is 0 Å². The summed E-state index contributed by atoms with van der Waals surface area (Å²) in [7, 11) is 0. The van der Waals surface area contributed by atoms with Crippen LogP contribution in [0.1, 0.15) is 23.2 Å². The van der Waals surface area contributed by atoms with E-state index in [-0.39, 0.29) is 17.8 Å². The van der Waals surface area contributed by atoms with E-state index in [0.29, 0.717) is 5.56 Å². The molecule has 0 aliphatic carbocycles. The summed E-state index contributed by atoms with van der Waals surface area (Å²) < 4.78 is 12.9. The number of rotatable bonds is 2. The number of carbonyl (C=O) groups excluding carboxylic acids is 1. The van der Waals surface area contributed by atoms with Gasteiger partial charge in [-0.3, -0.25) is 4.79 Å². The zero-order valence-corrected chi connectivity index (χ0v) is 9.00. The lowest BCUT2D eigenvalue weighted by atomic mass is 10.1. The molecule has 16 heavy (non-hydrogen) atoms. The van der Waals surface area contributed by atoms with Gasteiger partial charge in [0.25, 0.3) is 5.91 Å². The van der Waals surface area contributed by atoms with Gasteiger partial charge in [0.15, 0.2) is 0 Å². The van der Waals surface area contributed by atoms with Gasteiger partial charge in [-0.1, -0.05) is 6.07 Å². The van der Waals surface area contributed by atoms with Gasteiger partial charge >= 0.3 is 0 Å². The number of benzene rings is 1. The SMILES string of the molecule is O=C(N[C@@H]1CCCNC1)c1cccc(F)c1. The molecule has 1 aromatic rings. The van der Waals surface area contributed by atoms with E-state index in [0.717, 1.165) is 25.9 Å². The summed E-state index contributed by atoms with van der Waals surface area (Å²) in [5.74, 6) is -0.581. The Bertz CT molecular complexity index is 375. The quantitative estimate of drug-likeness (QED) is 0.792. The van der Waals surface area contributed by atoms with Crippen LogP contribution in [0.2, 0.25) is 0 Å². The van der Waals surface area contributed by atoms with Gasteiger partial charge in [-0.2, -0.15) is 0 Å². The molecule has 0 bridgehead atoms. The molecule has 1 aliphatic rings. The fraction of sp³-hybridized carbons (Fsp3) is 0.417. The van der Waals surface area contributed by atoms with Crippen LogP contribution in [0.3, 0.4) is 0 Å². The number of carbonyl (C=O) groups is 1. The van der Waals surface area contributed by atoms with Gasteiger partial charge in [0.05, 0.1) is 0 Å². The van der Waals surface area contributed by atoms with Crippen molar-refractivity contribution in [3.63, 3.8) is 0 Å². The average Bonchev–Trinajstić information content (AvgIpc) is 2.30. The molecule has 2 N–H and O–H groups in total. The van der Waals surface area contributed by atoms with Crippen LogP contribution in [0.25, 0.3) is 0 Å². The van der Waals surface area contributed by atoms with Crippen LogP contribution in [0.5, 0.6) is 0 Å². The normalized spacial score (nSPS) is 20.4. The minimum absolute atomic E-state index is 0.157. The van der Waals surface area contributed by atoms with Crippen LogP contribution in [-0.4, -0.2) is 25.0 Å². The maximum absolute atomic E-state index is 12.9. The van der Waals surface area contributed by atoms with Gasteiger partial charge in [-0.25, -0.2) is 4.39 Å². The molecule has 1 aromatic carbocycles. The van der Waals surface area contributed by atoms with Crippen molar-refractivity contribution in [2.45, 2.75) is 18.9 Å². The molecule has 3 nitrogen and oxygen atoms in total. The molecule has 86 valence electrons. The maximum atomic E-state index is 12.9. The molecular weight excluding hydrogens is 207 g/mol. The lowest BCUT2D eigenvalue weighted by Crippen LogP contribution is -2.45. The second-order valence-corrected chi connectivity index (χ2v) is 4.03. The third-order valence-electron chi connectivity index (χ3n) is 2.72. The van der Waals surface area contributed by atoms with Crippen LogP contribution in [-0.2, 0) is 0 Å². The van der Waals surface area contributed by atoms with Crippen LogP contribution in [0.15, 0.2) is 24.3 Å². The first-order valence-electron chi connectivity index (χ1n) is 5.53. The number of hydrogen-bond acceptors (Lipinski definition) is 2. The number of halogens is 1. The van der Waals surface area contributed by atoms with E-state index in [1.54, 1.807) is 12.1 Å². The second kappa shape index (κ2) is 5.07. The van der Waals surface area contributed by atoms with Crippen molar-refractivity contribution >= 4 is 5.91 Å². The number of hydrogen-bond donors (Lipinski definition) is 2. The summed E-state index contributed by atoms with van der Waals surface area (Å²) in [5, 5.41) is 6.11. The highest BCUT2D eigenvalue weighted by Crippen LogP contribution is 2.06. The second-order valence-electron chi connectivity index (χ2n) is 4.03. The molecule has 1 saturated heterocycles. The minimum Gasteiger partial charge on any atom is -0.348 e. The zero-order valence-electron chi connectivity index (χ0n) is 9.00. The summed E-state index contributed by atoms with van der Waals surface area (Å²) in [4.78, 5) is 11.8. The van der Waals surface area contributed by atoms with Crippen molar-refractivity contribution in [2.75, 3.05) is 13.1 Å². The zero-order chi connectivity index (χ0) is 11.4. The fourth-order valence-corrected chi connectivity index (χ4v) is 1.87. The van der Waals surface area contributed by atoms with E-state index in [9.17, 15) is 9.18 Å². The number of piperidine rings is 1. The third kappa shape index (κ3) is 2.79. The standard InChI is InChI=1S/C12H15FN2O/c13-10-4-1-3-9(7-10)12(16)15-11-5-2-6-14-8-11/h1,3-4,7,11,14H,2,5-6,8H2,(H,15,16)/t11-/m1/s1. The smallest absolute Gasteiger partial charge is 0.251 e. The van der Waals surface area contributed by atoms with Crippen molar-refractivity contribution in [1.29, 1.82) is 0 Å². The molecule has 0 radical (unpaired) electrons. The molecule has 0 saturated carbocycles. The highest BCUT2D eigenvalue weighted by Gasteiger charge is 2.16. The predicted molar refractivity (Wildman–Crippen MR) is 59.8 cm³/mol. The predicted octanol–water partition coefficient (Wildman–Crippen LogP) is 1.31. The van der Waals surface area contributed by atoms with Gasteiger partial charge < -0.3 is 10.6 Å². The Balaban J connectivity index is 1.97. The maximum Gasteiger partial charge on any atom is 0.251 e. The summed E-state index contributed by atoms with van der Waals surface area (Å²) >= 11 is 0. The van der Waals surface area contributed by atoms with Gasteiger partial charge in [-0.05, 0) is 37.6 Å². The Labute approximate surface area is 94.0 Å². The first-order valence-corrected chi connectivity index (χ1v) is 5.53.